The molecule has 148 heavy (non-hydrogen) atoms. The van der Waals surface area contributed by atoms with Gasteiger partial charge in [0.05, 0.1) is 47.2 Å². The molecule has 0 saturated heterocycles. The Morgan fingerprint density at radius 1 is 0.149 bits per heavy atom. The van der Waals surface area contributed by atoms with Gasteiger partial charge >= 0.3 is 0 Å². The van der Waals surface area contributed by atoms with Crippen LogP contribution in [0.4, 0.5) is 0 Å². The molecule has 0 aliphatic heterocycles. The molecular formula is C133H80N12S3. The second-order valence-electron chi connectivity index (χ2n) is 37.2. The van der Waals surface area contributed by atoms with E-state index >= 15 is 0 Å². The van der Waals surface area contributed by atoms with Crippen LogP contribution in [-0.2, 0) is 0 Å². The van der Waals surface area contributed by atoms with Gasteiger partial charge in [-0.15, -0.1) is 34.0 Å². The Kier molecular flexibility index (Phi) is 20.6. The maximum absolute atomic E-state index is 5.31. The maximum atomic E-state index is 5.31. The van der Waals surface area contributed by atoms with E-state index in [4.69, 9.17) is 44.9 Å². The highest BCUT2D eigenvalue weighted by molar-refractivity contribution is 7.28. The molecule has 0 radical (unpaired) electrons. The summed E-state index contributed by atoms with van der Waals surface area (Å²) in [5, 5.41) is 24.8. The largest absolute Gasteiger partial charge is 0.276 e. The number of hydrogen-bond donors (Lipinski definition) is 0. The van der Waals surface area contributed by atoms with Gasteiger partial charge in [-0.25, -0.2) is 15.0 Å². The molecule has 0 bridgehead atoms. The summed E-state index contributed by atoms with van der Waals surface area (Å²) < 4.78 is 14.3. The van der Waals surface area contributed by atoms with Crippen molar-refractivity contribution in [3.63, 3.8) is 0 Å². The number of fused-ring (bicyclic) bond motifs is 31. The van der Waals surface area contributed by atoms with E-state index < -0.39 is 0 Å². The Bertz CT molecular complexity index is 10800. The quantitative estimate of drug-likeness (QED) is 0.117. The fourth-order valence-corrected chi connectivity index (χ4v) is 25.9. The highest BCUT2D eigenvalue weighted by Crippen LogP contribution is 2.53. The fraction of sp³-hybridized carbons (Fsp3) is 0. The van der Waals surface area contributed by atoms with Gasteiger partial charge in [0, 0.05) is 112 Å². The first kappa shape index (κ1) is 85.7. The minimum Gasteiger partial charge on any atom is -0.276 e. The monoisotopic (exact) mass is 1940 g/mol. The van der Waals surface area contributed by atoms with Gasteiger partial charge in [0.2, 0.25) is 17.8 Å². The lowest BCUT2D eigenvalue weighted by atomic mass is 9.97. The Morgan fingerprint density at radius 2 is 0.378 bits per heavy atom. The van der Waals surface area contributed by atoms with Crippen LogP contribution in [0, 0.1) is 0 Å². The third-order valence-electron chi connectivity index (χ3n) is 28.7. The maximum Gasteiger partial charge on any atom is 0.238 e. The number of benzene rings is 22. The molecule has 0 N–H and O–H groups in total. The number of nitrogens with zero attached hydrogens (tertiary/aromatic N) is 12. The van der Waals surface area contributed by atoms with Gasteiger partial charge in [0.25, 0.3) is 0 Å². The molecule has 0 aliphatic rings. The summed E-state index contributed by atoms with van der Waals surface area (Å²) in [5.74, 6) is 5.62. The summed E-state index contributed by atoms with van der Waals surface area (Å²) in [5.41, 5.74) is 19.2. The van der Waals surface area contributed by atoms with Crippen molar-refractivity contribution in [1.82, 2.24) is 58.6 Å². The zero-order valence-corrected chi connectivity index (χ0v) is 81.7. The van der Waals surface area contributed by atoms with Crippen LogP contribution in [0.15, 0.2) is 485 Å². The first-order valence-corrected chi connectivity index (χ1v) is 52.0. The molecule has 0 amide bonds. The van der Waals surface area contributed by atoms with Crippen molar-refractivity contribution in [3.8, 4) is 120 Å². The molecule has 0 fully saturated rings. The predicted octanol–water partition coefficient (Wildman–Crippen LogP) is 35.6. The van der Waals surface area contributed by atoms with Crippen molar-refractivity contribution in [3.05, 3.63) is 485 Å². The Hall–Kier alpha value is -19.0. The molecule has 0 atom stereocenters. The Labute approximate surface area is 859 Å². The van der Waals surface area contributed by atoms with E-state index in [1.165, 1.54) is 147 Å². The van der Waals surface area contributed by atoms with E-state index in [1.54, 1.807) is 0 Å². The molecular weight excluding hydrogens is 1860 g/mol. The number of thiophene rings is 3. The number of rotatable bonds is 12. The van der Waals surface area contributed by atoms with Crippen LogP contribution in [-0.4, -0.2) is 58.6 Å². The van der Waals surface area contributed by atoms with Crippen molar-refractivity contribution in [2.75, 3.05) is 0 Å². The molecule has 0 saturated carbocycles. The molecule has 15 heteroatoms. The molecule has 9 aromatic heterocycles. The number of hydrogen-bond acceptors (Lipinski definition) is 12. The van der Waals surface area contributed by atoms with Gasteiger partial charge in [-0.2, -0.15) is 29.9 Å². The minimum absolute atomic E-state index is 0.599. The molecule has 12 nitrogen and oxygen atoms in total. The van der Waals surface area contributed by atoms with Crippen molar-refractivity contribution in [2.24, 2.45) is 0 Å². The zero-order chi connectivity index (χ0) is 97.4. The summed E-state index contributed by atoms with van der Waals surface area (Å²) in [6.07, 6.45) is 0. The van der Waals surface area contributed by atoms with Crippen molar-refractivity contribution in [1.29, 1.82) is 0 Å². The summed E-state index contributed by atoms with van der Waals surface area (Å²) in [6.45, 7) is 0. The van der Waals surface area contributed by atoms with Gasteiger partial charge in [0.1, 0.15) is 0 Å². The van der Waals surface area contributed by atoms with Crippen LogP contribution in [0.25, 0.3) is 289 Å². The van der Waals surface area contributed by atoms with Crippen molar-refractivity contribution >= 4 is 203 Å². The van der Waals surface area contributed by atoms with Crippen molar-refractivity contribution < 1.29 is 0 Å². The molecule has 31 aromatic rings. The van der Waals surface area contributed by atoms with Crippen LogP contribution in [0.3, 0.4) is 0 Å². The van der Waals surface area contributed by atoms with E-state index in [2.05, 4.69) is 432 Å². The first-order chi connectivity index (χ1) is 73.4. The minimum atomic E-state index is 0.599. The summed E-state index contributed by atoms with van der Waals surface area (Å²) in [4.78, 5) is 46.8. The van der Waals surface area contributed by atoms with Crippen LogP contribution in [0.5, 0.6) is 0 Å². The fourth-order valence-electron chi connectivity index (χ4n) is 22.1. The third-order valence-corrected chi connectivity index (χ3v) is 32.3. The van der Waals surface area contributed by atoms with Crippen LogP contribution < -0.4 is 0 Å². The van der Waals surface area contributed by atoms with Gasteiger partial charge in [-0.3, -0.25) is 13.7 Å². The summed E-state index contributed by atoms with van der Waals surface area (Å²) in [7, 11) is 0. The SMILES string of the molecule is c1ccc(-c2ccc(-c3nc(-c4ccccc4)nc(-n4c5ccccc5c5c6ccccc6c6c7ccccc7sc6c54)n3)cc2)cc1.c1ccc(-c2cccc(-c3nc(-c4ccccc4)nc(-n4c5ccccc5c5c6ccccc6c6c7ccccc7sc6c54)n3)c2)cc1.c1ccc(-c2nc(-c3ccc(-c4cccc5ccccc45)cc3)nc(-n3c4ccccc4c4c5ccccc5c5c6ccccc6sc5c43)n2)cc1. The molecule has 0 unspecified atom stereocenters. The van der Waals surface area contributed by atoms with Gasteiger partial charge in [-0.1, -0.05) is 443 Å². The highest BCUT2D eigenvalue weighted by atomic mass is 32.1. The van der Waals surface area contributed by atoms with Crippen LogP contribution >= 0.6 is 34.0 Å². The molecule has 690 valence electrons. The lowest BCUT2D eigenvalue weighted by molar-refractivity contribution is 0.955. The van der Waals surface area contributed by atoms with Crippen molar-refractivity contribution in [2.45, 2.75) is 0 Å². The lowest BCUT2D eigenvalue weighted by Gasteiger charge is -2.12. The van der Waals surface area contributed by atoms with E-state index in [0.29, 0.717) is 52.8 Å². The average molecular weight is 1940 g/mol. The number of aromatic nitrogens is 12. The molecule has 31 rings (SSSR count). The van der Waals surface area contributed by atoms with E-state index in [-0.39, 0.29) is 0 Å². The van der Waals surface area contributed by atoms with Gasteiger partial charge in [0.15, 0.2) is 34.9 Å². The standard InChI is InChI=1S/C47H28N4S.2C43H26N4S/c1-2-14-31(15-3-1)45-48-46(32-27-25-30(26-28-32)34-22-12-16-29-13-4-5-17-33(29)34)50-47(49-45)51-39-23-10-8-20-37(39)41-35-18-6-7-19-36(35)42-38-21-9-11-24-40(38)52-44(42)43(41)51;1-3-14-27(15-4-1)29-18-13-19-30(26-29)42-44-41(28-16-5-2-6-17-28)45-43(46-42)47-35-24-11-9-22-33(35)37-31-20-7-8-21-32(31)38-34-23-10-12-25-36(34)48-40(38)39(37)47;1-3-13-27(14-4-1)28-23-25-30(26-24-28)42-44-41(29-15-5-2-6-16-29)45-43(46-42)47-35-21-11-9-19-33(35)37-31-17-7-8-18-32(31)38-34-20-10-12-22-36(34)48-40(38)39(37)47/h1-28H;2*1-26H. The normalized spacial score (nSPS) is 11.8. The summed E-state index contributed by atoms with van der Waals surface area (Å²) >= 11 is 5.52. The Balaban J connectivity index is 0.000000105. The highest BCUT2D eigenvalue weighted by Gasteiger charge is 2.30. The molecule has 0 spiro atoms. The van der Waals surface area contributed by atoms with Crippen LogP contribution in [0.1, 0.15) is 0 Å². The van der Waals surface area contributed by atoms with E-state index in [1.807, 2.05) is 101 Å². The topological polar surface area (TPSA) is 131 Å². The lowest BCUT2D eigenvalue weighted by Crippen LogP contribution is -2.06. The molecule has 22 aromatic carbocycles. The van der Waals surface area contributed by atoms with Gasteiger partial charge < -0.3 is 0 Å². The zero-order valence-electron chi connectivity index (χ0n) is 79.3. The summed E-state index contributed by atoms with van der Waals surface area (Å²) in [6, 6.07) is 171. The average Bonchev–Trinajstić information content (AvgIpc) is 1.54. The van der Waals surface area contributed by atoms with Crippen LogP contribution in [0.2, 0.25) is 0 Å². The predicted molar refractivity (Wildman–Crippen MR) is 620 cm³/mol. The smallest absolute Gasteiger partial charge is 0.238 e. The number of para-hydroxylation sites is 3. The third kappa shape index (κ3) is 14.3. The molecule has 0 aliphatic carbocycles. The Morgan fingerprint density at radius 3 is 0.736 bits per heavy atom. The van der Waals surface area contributed by atoms with E-state index in [9.17, 15) is 0 Å². The second kappa shape index (κ2) is 35.5. The first-order valence-electron chi connectivity index (χ1n) is 49.5. The van der Waals surface area contributed by atoms with E-state index in [0.717, 1.165) is 88.7 Å². The molecule has 9 heterocycles. The second-order valence-corrected chi connectivity index (χ2v) is 40.4. The van der Waals surface area contributed by atoms with Gasteiger partial charge in [-0.05, 0) is 119 Å².